The van der Waals surface area contributed by atoms with Crippen molar-refractivity contribution in [1.82, 2.24) is 10.4 Å². The molecular weight excluding hydrogens is 339 g/mol. The molecule has 1 saturated carbocycles. The van der Waals surface area contributed by atoms with Gasteiger partial charge in [0.15, 0.2) is 0 Å². The molecule has 1 aliphatic heterocycles. The molecule has 0 unspecified atom stereocenters. The fourth-order valence-electron chi connectivity index (χ4n) is 3.34. The smallest absolute Gasteiger partial charge is 0.271 e. The lowest BCUT2D eigenvalue weighted by atomic mass is 9.76. The van der Waals surface area contributed by atoms with Crippen LogP contribution in [0.5, 0.6) is 0 Å². The molecule has 1 saturated heterocycles. The Hall–Kier alpha value is -1.59. The monoisotopic (exact) mass is 354 g/mol. The molecule has 1 N–H and O–H groups in total. The first kappa shape index (κ1) is 16.3. The van der Waals surface area contributed by atoms with E-state index in [1.54, 1.807) is 0 Å². The fraction of sp³-hybridized carbons (Fsp3) is 0.438. The van der Waals surface area contributed by atoms with Gasteiger partial charge in [-0.15, -0.1) is 0 Å². The summed E-state index contributed by atoms with van der Waals surface area (Å²) in [6.45, 7) is 2.07. The Labute approximate surface area is 143 Å². The summed E-state index contributed by atoms with van der Waals surface area (Å²) in [5, 5.41) is 1.43. The SMILES string of the molecule is C[C@H]1CC[C@@H]2C(=O)N(NC(=O)c3ccc(Cl)cc3Cl)C(=O)[C@@H]2C1. The van der Waals surface area contributed by atoms with Crippen molar-refractivity contribution in [2.24, 2.45) is 17.8 Å². The van der Waals surface area contributed by atoms with Gasteiger partial charge in [0, 0.05) is 5.02 Å². The first-order chi connectivity index (χ1) is 10.9. The van der Waals surface area contributed by atoms with Crippen LogP contribution in [0.1, 0.15) is 36.5 Å². The van der Waals surface area contributed by atoms with E-state index in [9.17, 15) is 14.4 Å². The van der Waals surface area contributed by atoms with E-state index in [0.29, 0.717) is 23.8 Å². The molecule has 1 aromatic rings. The Morgan fingerprint density at radius 3 is 2.57 bits per heavy atom. The summed E-state index contributed by atoms with van der Waals surface area (Å²) < 4.78 is 0. The van der Waals surface area contributed by atoms with E-state index in [4.69, 9.17) is 23.2 Å². The summed E-state index contributed by atoms with van der Waals surface area (Å²) in [7, 11) is 0. The Morgan fingerprint density at radius 1 is 1.17 bits per heavy atom. The van der Waals surface area contributed by atoms with Crippen LogP contribution in [0.15, 0.2) is 18.2 Å². The number of carbonyl (C=O) groups excluding carboxylic acids is 3. The van der Waals surface area contributed by atoms with Crippen molar-refractivity contribution in [3.8, 4) is 0 Å². The molecule has 3 amide bonds. The van der Waals surface area contributed by atoms with Gasteiger partial charge in [0.2, 0.25) is 0 Å². The van der Waals surface area contributed by atoms with Gasteiger partial charge < -0.3 is 0 Å². The summed E-state index contributed by atoms with van der Waals surface area (Å²) in [4.78, 5) is 37.1. The molecule has 7 heteroatoms. The van der Waals surface area contributed by atoms with Gasteiger partial charge in [-0.3, -0.25) is 19.8 Å². The standard InChI is InChI=1S/C16H16Cl2N2O3/c1-8-2-4-10-12(6-8)16(23)20(15(10)22)19-14(21)11-5-3-9(17)7-13(11)18/h3,5,7-8,10,12H,2,4,6H2,1H3,(H,19,21)/t8-,10-,12+/m0/s1. The molecular formula is C16H16Cl2N2O3. The number of nitrogens with one attached hydrogen (secondary N) is 1. The summed E-state index contributed by atoms with van der Waals surface area (Å²) in [6, 6.07) is 4.42. The number of imide groups is 1. The largest absolute Gasteiger partial charge is 0.272 e. The van der Waals surface area contributed by atoms with E-state index < -0.39 is 5.91 Å². The third-order valence-electron chi connectivity index (χ3n) is 4.58. The molecule has 3 atom stereocenters. The second-order valence-electron chi connectivity index (χ2n) is 6.21. The van der Waals surface area contributed by atoms with Crippen molar-refractivity contribution < 1.29 is 14.4 Å². The van der Waals surface area contributed by atoms with Gasteiger partial charge in [-0.25, -0.2) is 0 Å². The zero-order chi connectivity index (χ0) is 16.7. The highest BCUT2D eigenvalue weighted by Crippen LogP contribution is 2.39. The van der Waals surface area contributed by atoms with E-state index in [-0.39, 0.29) is 34.2 Å². The van der Waals surface area contributed by atoms with Crippen molar-refractivity contribution in [2.75, 3.05) is 0 Å². The summed E-state index contributed by atoms with van der Waals surface area (Å²) in [5.41, 5.74) is 2.56. The van der Waals surface area contributed by atoms with Crippen molar-refractivity contribution in [2.45, 2.75) is 26.2 Å². The average molecular weight is 355 g/mol. The molecule has 1 aliphatic carbocycles. The minimum absolute atomic E-state index is 0.167. The Bertz CT molecular complexity index is 692. The number of hydrogen-bond donors (Lipinski definition) is 1. The Kier molecular flexibility index (Phi) is 4.34. The van der Waals surface area contributed by atoms with Crippen LogP contribution in [0.25, 0.3) is 0 Å². The molecule has 122 valence electrons. The molecule has 0 aromatic heterocycles. The number of nitrogens with zero attached hydrogens (tertiary/aromatic N) is 1. The quantitative estimate of drug-likeness (QED) is 0.830. The number of benzene rings is 1. The molecule has 5 nitrogen and oxygen atoms in total. The van der Waals surface area contributed by atoms with Crippen LogP contribution in [0.4, 0.5) is 0 Å². The van der Waals surface area contributed by atoms with E-state index >= 15 is 0 Å². The zero-order valence-corrected chi connectivity index (χ0v) is 14.0. The highest BCUT2D eigenvalue weighted by molar-refractivity contribution is 6.36. The van der Waals surface area contributed by atoms with E-state index in [1.807, 2.05) is 0 Å². The number of carbonyl (C=O) groups is 3. The molecule has 1 heterocycles. The van der Waals surface area contributed by atoms with Crippen LogP contribution in [0, 0.1) is 17.8 Å². The lowest BCUT2D eigenvalue weighted by molar-refractivity contribution is -0.142. The van der Waals surface area contributed by atoms with Gasteiger partial charge in [-0.1, -0.05) is 30.1 Å². The van der Waals surface area contributed by atoms with E-state index in [1.165, 1.54) is 18.2 Å². The third kappa shape index (κ3) is 2.95. The number of halogens is 2. The minimum atomic E-state index is -0.597. The van der Waals surface area contributed by atoms with Gasteiger partial charge in [0.1, 0.15) is 0 Å². The second-order valence-corrected chi connectivity index (χ2v) is 7.05. The predicted octanol–water partition coefficient (Wildman–Crippen LogP) is 3.06. The highest BCUT2D eigenvalue weighted by Gasteiger charge is 2.50. The normalized spacial score (nSPS) is 27.1. The second kappa shape index (κ2) is 6.13. The average Bonchev–Trinajstić information content (AvgIpc) is 2.72. The fourth-order valence-corrected chi connectivity index (χ4v) is 3.83. The molecule has 1 aromatic carbocycles. The molecule has 2 fully saturated rings. The Balaban J connectivity index is 1.78. The van der Waals surface area contributed by atoms with Crippen molar-refractivity contribution in [3.05, 3.63) is 33.8 Å². The third-order valence-corrected chi connectivity index (χ3v) is 5.12. The lowest BCUT2D eigenvalue weighted by Crippen LogP contribution is -2.46. The zero-order valence-electron chi connectivity index (χ0n) is 12.5. The van der Waals surface area contributed by atoms with Gasteiger partial charge in [0.05, 0.1) is 22.4 Å². The van der Waals surface area contributed by atoms with E-state index in [0.717, 1.165) is 11.4 Å². The molecule has 0 spiro atoms. The molecule has 3 rings (SSSR count). The molecule has 0 bridgehead atoms. The Morgan fingerprint density at radius 2 is 1.87 bits per heavy atom. The number of hydrogen-bond acceptors (Lipinski definition) is 3. The number of amides is 3. The maximum Gasteiger partial charge on any atom is 0.271 e. The van der Waals surface area contributed by atoms with Gasteiger partial charge in [0.25, 0.3) is 17.7 Å². The van der Waals surface area contributed by atoms with Crippen LogP contribution < -0.4 is 5.43 Å². The van der Waals surface area contributed by atoms with Gasteiger partial charge in [-0.05, 0) is 43.4 Å². The summed E-state index contributed by atoms with van der Waals surface area (Å²) in [5.74, 6) is -1.49. The first-order valence-corrected chi connectivity index (χ1v) is 8.28. The van der Waals surface area contributed by atoms with Crippen LogP contribution in [-0.4, -0.2) is 22.7 Å². The van der Waals surface area contributed by atoms with Crippen LogP contribution in [-0.2, 0) is 9.59 Å². The summed E-state index contributed by atoms with van der Waals surface area (Å²) >= 11 is 11.8. The topological polar surface area (TPSA) is 66.5 Å². The van der Waals surface area contributed by atoms with Crippen LogP contribution in [0.2, 0.25) is 10.0 Å². The lowest BCUT2D eigenvalue weighted by Gasteiger charge is -2.25. The van der Waals surface area contributed by atoms with E-state index in [2.05, 4.69) is 12.3 Å². The van der Waals surface area contributed by atoms with Gasteiger partial charge in [-0.2, -0.15) is 5.01 Å². The number of hydrazine groups is 1. The molecule has 2 aliphatic rings. The van der Waals surface area contributed by atoms with Crippen molar-refractivity contribution in [3.63, 3.8) is 0 Å². The summed E-state index contributed by atoms with van der Waals surface area (Å²) in [6.07, 6.45) is 2.29. The minimum Gasteiger partial charge on any atom is -0.272 e. The van der Waals surface area contributed by atoms with Gasteiger partial charge >= 0.3 is 0 Å². The number of fused-ring (bicyclic) bond motifs is 1. The first-order valence-electron chi connectivity index (χ1n) is 7.52. The maximum absolute atomic E-state index is 12.4. The van der Waals surface area contributed by atoms with Crippen LogP contribution >= 0.6 is 23.2 Å². The highest BCUT2D eigenvalue weighted by atomic mass is 35.5. The van der Waals surface area contributed by atoms with Crippen molar-refractivity contribution in [1.29, 1.82) is 0 Å². The maximum atomic E-state index is 12.4. The number of rotatable bonds is 2. The van der Waals surface area contributed by atoms with Crippen LogP contribution in [0.3, 0.4) is 0 Å². The predicted molar refractivity (Wildman–Crippen MR) is 85.8 cm³/mol. The molecule has 23 heavy (non-hydrogen) atoms. The molecule has 0 radical (unpaired) electrons. The van der Waals surface area contributed by atoms with Crippen molar-refractivity contribution >= 4 is 40.9 Å².